The van der Waals surface area contributed by atoms with Crippen molar-refractivity contribution in [1.29, 1.82) is 0 Å². The minimum Gasteiger partial charge on any atom is -0.481 e. The Bertz CT molecular complexity index is 1180. The Labute approximate surface area is 196 Å². The Balaban J connectivity index is 1.38. The third-order valence-corrected chi connectivity index (χ3v) is 5.61. The van der Waals surface area contributed by atoms with E-state index in [9.17, 15) is 19.5 Å². The van der Waals surface area contributed by atoms with Crippen LogP contribution in [0.4, 0.5) is 4.79 Å². The largest absolute Gasteiger partial charge is 0.481 e. The molecule has 1 aliphatic rings. The number of carbonyl (C=O) groups is 3. The third kappa shape index (κ3) is 5.20. The summed E-state index contributed by atoms with van der Waals surface area (Å²) in [6.45, 7) is 1.85. The van der Waals surface area contributed by atoms with Crippen LogP contribution in [0.3, 0.4) is 0 Å². The average molecular weight is 460 g/mol. The van der Waals surface area contributed by atoms with Gasteiger partial charge in [0.1, 0.15) is 18.5 Å². The minimum atomic E-state index is -1.30. The van der Waals surface area contributed by atoms with Gasteiger partial charge < -0.3 is 20.5 Å². The molecule has 34 heavy (non-hydrogen) atoms. The molecule has 1 aliphatic carbocycles. The molecule has 0 aliphatic heterocycles. The van der Waals surface area contributed by atoms with Crippen LogP contribution < -0.4 is 10.6 Å². The fourth-order valence-electron chi connectivity index (χ4n) is 4.07. The van der Waals surface area contributed by atoms with E-state index in [-0.39, 0.29) is 19.1 Å². The molecule has 4 rings (SSSR count). The first-order valence-corrected chi connectivity index (χ1v) is 10.8. The molecule has 1 unspecified atom stereocenters. The molecular weight excluding hydrogens is 436 g/mol. The van der Waals surface area contributed by atoms with Crippen LogP contribution in [0, 0.1) is 6.92 Å². The number of hydrogen-bond acceptors (Lipinski definition) is 6. The first-order chi connectivity index (χ1) is 16.4. The predicted octanol–water partition coefficient (Wildman–Crippen LogP) is 2.78. The lowest BCUT2D eigenvalue weighted by molar-refractivity contribution is -0.139. The highest BCUT2D eigenvalue weighted by atomic mass is 16.5. The van der Waals surface area contributed by atoms with Crippen molar-refractivity contribution in [2.45, 2.75) is 31.8 Å². The van der Waals surface area contributed by atoms with E-state index in [1.807, 2.05) is 48.5 Å². The molecule has 1 atom stereocenters. The van der Waals surface area contributed by atoms with E-state index < -0.39 is 30.4 Å². The molecule has 2 amide bonds. The minimum absolute atomic E-state index is 0.0570. The summed E-state index contributed by atoms with van der Waals surface area (Å²) in [7, 11) is 0. The van der Waals surface area contributed by atoms with Crippen molar-refractivity contribution >= 4 is 18.0 Å². The lowest BCUT2D eigenvalue weighted by atomic mass is 9.98. The number of aromatic nitrogens is 2. The second-order valence-electron chi connectivity index (χ2n) is 7.93. The summed E-state index contributed by atoms with van der Waals surface area (Å²) >= 11 is 0. The predicted molar refractivity (Wildman–Crippen MR) is 123 cm³/mol. The number of nitrogens with zero attached hydrogens (tertiary/aromatic N) is 2. The molecule has 0 radical (unpaired) electrons. The summed E-state index contributed by atoms with van der Waals surface area (Å²) in [4.78, 5) is 44.5. The molecule has 0 bridgehead atoms. The number of carboxylic acid groups (broad SMARTS) is 1. The summed E-state index contributed by atoms with van der Waals surface area (Å²) in [6.07, 6.45) is 0.118. The van der Waals surface area contributed by atoms with Gasteiger partial charge in [-0.2, -0.15) is 0 Å². The van der Waals surface area contributed by atoms with Gasteiger partial charge in [0.15, 0.2) is 0 Å². The topological polar surface area (TPSA) is 131 Å². The zero-order valence-corrected chi connectivity index (χ0v) is 18.5. The number of ether oxygens (including phenoxy) is 1. The van der Waals surface area contributed by atoms with E-state index in [0.29, 0.717) is 11.5 Å². The second kappa shape index (κ2) is 10.1. The maximum atomic E-state index is 12.6. The van der Waals surface area contributed by atoms with E-state index in [4.69, 9.17) is 4.74 Å². The fourth-order valence-corrected chi connectivity index (χ4v) is 4.07. The molecule has 9 nitrogen and oxygen atoms in total. The number of aryl methyl sites for hydroxylation is 1. The molecule has 1 heterocycles. The highest BCUT2D eigenvalue weighted by Gasteiger charge is 2.30. The van der Waals surface area contributed by atoms with Crippen LogP contribution in [0.15, 0.2) is 60.8 Å². The van der Waals surface area contributed by atoms with E-state index in [1.165, 1.54) is 0 Å². The Morgan fingerprint density at radius 1 is 1.03 bits per heavy atom. The number of carboxylic acids is 1. The second-order valence-corrected chi connectivity index (χ2v) is 7.93. The first-order valence-electron chi connectivity index (χ1n) is 10.8. The number of nitrogens with one attached hydrogen (secondary N) is 2. The zero-order valence-electron chi connectivity index (χ0n) is 18.5. The molecule has 1 aromatic heterocycles. The number of fused-ring (bicyclic) bond motifs is 3. The number of alkyl carbamates (subject to hydrolysis) is 1. The number of carbonyl (C=O) groups excluding carboxylic acids is 2. The first kappa shape index (κ1) is 22.9. The quantitative estimate of drug-likeness (QED) is 0.471. The Morgan fingerprint density at radius 2 is 1.68 bits per heavy atom. The van der Waals surface area contributed by atoms with Gasteiger partial charge in [0.2, 0.25) is 5.91 Å². The molecular formula is C25H24N4O5. The van der Waals surface area contributed by atoms with Gasteiger partial charge >= 0.3 is 12.1 Å². The molecule has 0 saturated carbocycles. The van der Waals surface area contributed by atoms with Crippen LogP contribution in [0.1, 0.15) is 35.0 Å². The van der Waals surface area contributed by atoms with Crippen LogP contribution in [-0.4, -0.2) is 45.7 Å². The van der Waals surface area contributed by atoms with Gasteiger partial charge in [0.25, 0.3) is 0 Å². The van der Waals surface area contributed by atoms with Crippen molar-refractivity contribution in [3.8, 4) is 11.1 Å². The third-order valence-electron chi connectivity index (χ3n) is 5.61. The number of rotatable bonds is 8. The summed E-state index contributed by atoms with van der Waals surface area (Å²) in [5.74, 6) is -1.47. The standard InChI is InChI=1S/C25H24N4O5/c1-15-26-11-10-16(28-15)13-27-24(32)22(12-23(30)31)29-25(33)34-14-21-19-8-4-2-6-17(19)18-7-3-5-9-20(18)21/h2-11,21-22H,12-14H2,1H3,(H,27,32)(H,29,33)(H,30,31). The van der Waals surface area contributed by atoms with Gasteiger partial charge in [-0.05, 0) is 35.2 Å². The van der Waals surface area contributed by atoms with Crippen molar-refractivity contribution in [3.05, 3.63) is 83.4 Å². The van der Waals surface area contributed by atoms with Crippen LogP contribution in [0.25, 0.3) is 11.1 Å². The smallest absolute Gasteiger partial charge is 0.407 e. The van der Waals surface area contributed by atoms with E-state index in [2.05, 4.69) is 20.6 Å². The summed E-state index contributed by atoms with van der Waals surface area (Å²) in [6, 6.07) is 16.2. The Kier molecular flexibility index (Phi) is 6.82. The average Bonchev–Trinajstić information content (AvgIpc) is 3.14. The SMILES string of the molecule is Cc1nccc(CNC(=O)C(CC(=O)O)NC(=O)OCC2c3ccccc3-c3ccccc32)n1. The van der Waals surface area contributed by atoms with Gasteiger partial charge in [-0.1, -0.05) is 48.5 Å². The molecule has 0 fully saturated rings. The van der Waals surface area contributed by atoms with E-state index in [1.54, 1.807) is 19.2 Å². The normalized spacial score (nSPS) is 12.9. The van der Waals surface area contributed by atoms with Crippen molar-refractivity contribution in [3.63, 3.8) is 0 Å². The van der Waals surface area contributed by atoms with Crippen LogP contribution >= 0.6 is 0 Å². The van der Waals surface area contributed by atoms with Crippen LogP contribution in [-0.2, 0) is 20.9 Å². The van der Waals surface area contributed by atoms with Crippen LogP contribution in [0.5, 0.6) is 0 Å². The highest BCUT2D eigenvalue weighted by molar-refractivity contribution is 5.89. The van der Waals surface area contributed by atoms with Crippen LogP contribution in [0.2, 0.25) is 0 Å². The molecule has 0 saturated heterocycles. The van der Waals surface area contributed by atoms with E-state index >= 15 is 0 Å². The maximum absolute atomic E-state index is 12.6. The number of aliphatic carboxylic acids is 1. The molecule has 3 N–H and O–H groups in total. The number of hydrogen-bond donors (Lipinski definition) is 3. The lowest BCUT2D eigenvalue weighted by Gasteiger charge is -2.18. The van der Waals surface area contributed by atoms with Gasteiger partial charge in [0.05, 0.1) is 18.7 Å². The van der Waals surface area contributed by atoms with Gasteiger partial charge in [-0.15, -0.1) is 0 Å². The zero-order chi connectivity index (χ0) is 24.1. The molecule has 3 aromatic rings. The summed E-state index contributed by atoms with van der Waals surface area (Å²) < 4.78 is 5.44. The van der Waals surface area contributed by atoms with Gasteiger partial charge in [-0.25, -0.2) is 14.8 Å². The van der Waals surface area contributed by atoms with Crippen molar-refractivity contribution in [2.24, 2.45) is 0 Å². The molecule has 2 aromatic carbocycles. The van der Waals surface area contributed by atoms with E-state index in [0.717, 1.165) is 22.3 Å². The fraction of sp³-hybridized carbons (Fsp3) is 0.240. The highest BCUT2D eigenvalue weighted by Crippen LogP contribution is 2.44. The molecule has 174 valence electrons. The van der Waals surface area contributed by atoms with Crippen molar-refractivity contribution < 1.29 is 24.2 Å². The lowest BCUT2D eigenvalue weighted by Crippen LogP contribution is -2.48. The number of benzene rings is 2. The monoisotopic (exact) mass is 460 g/mol. The Hall–Kier alpha value is -4.27. The molecule has 9 heteroatoms. The van der Waals surface area contributed by atoms with Crippen molar-refractivity contribution in [2.75, 3.05) is 6.61 Å². The maximum Gasteiger partial charge on any atom is 0.407 e. The summed E-state index contributed by atoms with van der Waals surface area (Å²) in [5.41, 5.74) is 4.86. The summed E-state index contributed by atoms with van der Waals surface area (Å²) in [5, 5.41) is 14.2. The molecule has 0 spiro atoms. The van der Waals surface area contributed by atoms with Gasteiger partial charge in [0, 0.05) is 12.1 Å². The van der Waals surface area contributed by atoms with Gasteiger partial charge in [-0.3, -0.25) is 9.59 Å². The van der Waals surface area contributed by atoms with Crippen molar-refractivity contribution in [1.82, 2.24) is 20.6 Å². The number of amides is 2. The Morgan fingerprint density at radius 3 is 2.29 bits per heavy atom.